The fraction of sp³-hybridized carbons (Fsp3) is 0.143. The van der Waals surface area contributed by atoms with Gasteiger partial charge in [0.25, 0.3) is 5.69 Å². The number of hydrogen-bond acceptors (Lipinski definition) is 3. The van der Waals surface area contributed by atoms with Gasteiger partial charge < -0.3 is 5.32 Å². The van der Waals surface area contributed by atoms with Crippen LogP contribution in [0.4, 0.5) is 11.4 Å². The van der Waals surface area contributed by atoms with E-state index < -0.39 is 0 Å². The molecule has 6 heteroatoms. The van der Waals surface area contributed by atoms with Gasteiger partial charge in [-0.25, -0.2) is 0 Å². The summed E-state index contributed by atoms with van der Waals surface area (Å²) in [6, 6.07) is 12.7. The molecule has 0 aromatic heterocycles. The molecule has 2 rings (SSSR count). The Morgan fingerprint density at radius 2 is 1.90 bits per heavy atom. The molecule has 104 valence electrons. The van der Waals surface area contributed by atoms with Crippen molar-refractivity contribution >= 4 is 43.2 Å². The minimum absolute atomic E-state index is 0.0505. The lowest BCUT2D eigenvalue weighted by Gasteiger charge is -2.17. The van der Waals surface area contributed by atoms with Crippen LogP contribution >= 0.6 is 31.9 Å². The Labute approximate surface area is 133 Å². The number of nitro groups is 1. The van der Waals surface area contributed by atoms with Crippen LogP contribution in [-0.2, 0) is 0 Å². The molecule has 4 nitrogen and oxygen atoms in total. The van der Waals surface area contributed by atoms with E-state index in [1.807, 2.05) is 31.2 Å². The average molecular weight is 400 g/mol. The van der Waals surface area contributed by atoms with Crippen LogP contribution in [0.3, 0.4) is 0 Å². The van der Waals surface area contributed by atoms with E-state index in [0.29, 0.717) is 10.2 Å². The van der Waals surface area contributed by atoms with E-state index >= 15 is 0 Å². The van der Waals surface area contributed by atoms with E-state index in [1.54, 1.807) is 12.1 Å². The highest BCUT2D eigenvalue weighted by atomic mass is 79.9. The van der Waals surface area contributed by atoms with Crippen LogP contribution in [-0.4, -0.2) is 4.92 Å². The number of halogens is 2. The highest BCUT2D eigenvalue weighted by molar-refractivity contribution is 9.10. The first-order valence-electron chi connectivity index (χ1n) is 5.94. The molecule has 0 heterocycles. The Morgan fingerprint density at radius 3 is 2.55 bits per heavy atom. The monoisotopic (exact) mass is 398 g/mol. The zero-order chi connectivity index (χ0) is 14.7. The maximum atomic E-state index is 11.1. The smallest absolute Gasteiger partial charge is 0.293 e. The predicted octanol–water partition coefficient (Wildman–Crippen LogP) is 5.29. The summed E-state index contributed by atoms with van der Waals surface area (Å²) in [5.41, 5.74) is 1.60. The standard InChI is InChI=1S/C14H12Br2N2O2/c1-9(11-4-2-3-5-12(11)16)17-13-7-6-10(15)8-14(13)18(19)20/h2-9,17H,1H3. The zero-order valence-corrected chi connectivity index (χ0v) is 13.8. The molecule has 0 aliphatic rings. The topological polar surface area (TPSA) is 55.2 Å². The van der Waals surface area contributed by atoms with Crippen molar-refractivity contribution in [1.82, 2.24) is 0 Å². The van der Waals surface area contributed by atoms with Crippen LogP contribution in [0, 0.1) is 10.1 Å². The first-order chi connectivity index (χ1) is 9.49. The third-order valence-electron chi connectivity index (χ3n) is 2.90. The van der Waals surface area contributed by atoms with Crippen molar-refractivity contribution in [3.05, 3.63) is 67.1 Å². The van der Waals surface area contributed by atoms with E-state index in [2.05, 4.69) is 37.2 Å². The van der Waals surface area contributed by atoms with Crippen LogP contribution in [0.1, 0.15) is 18.5 Å². The minimum Gasteiger partial charge on any atom is -0.373 e. The van der Waals surface area contributed by atoms with Crippen LogP contribution in [0.25, 0.3) is 0 Å². The molecule has 0 bridgehead atoms. The summed E-state index contributed by atoms with van der Waals surface area (Å²) in [4.78, 5) is 10.7. The quantitative estimate of drug-likeness (QED) is 0.561. The van der Waals surface area contributed by atoms with Gasteiger partial charge in [0.1, 0.15) is 5.69 Å². The molecule has 0 fully saturated rings. The van der Waals surface area contributed by atoms with Gasteiger partial charge in [-0.15, -0.1) is 0 Å². The molecule has 0 spiro atoms. The van der Waals surface area contributed by atoms with Gasteiger partial charge in [0.05, 0.1) is 4.92 Å². The Balaban J connectivity index is 2.31. The van der Waals surface area contributed by atoms with E-state index in [9.17, 15) is 10.1 Å². The maximum absolute atomic E-state index is 11.1. The van der Waals surface area contributed by atoms with Crippen molar-refractivity contribution in [3.63, 3.8) is 0 Å². The van der Waals surface area contributed by atoms with Gasteiger partial charge in [-0.05, 0) is 30.7 Å². The molecular weight excluding hydrogens is 388 g/mol. The van der Waals surface area contributed by atoms with Crippen LogP contribution in [0.2, 0.25) is 0 Å². The average Bonchev–Trinajstić information content (AvgIpc) is 2.41. The summed E-state index contributed by atoms with van der Waals surface area (Å²) in [5, 5.41) is 14.3. The third-order valence-corrected chi connectivity index (χ3v) is 4.12. The minimum atomic E-state index is -0.389. The first kappa shape index (κ1) is 15.0. The Kier molecular flexibility index (Phi) is 4.77. The molecule has 0 aliphatic carbocycles. The van der Waals surface area contributed by atoms with E-state index in [0.717, 1.165) is 10.0 Å². The SMILES string of the molecule is CC(Nc1ccc(Br)cc1[N+](=O)[O-])c1ccccc1Br. The van der Waals surface area contributed by atoms with Crippen molar-refractivity contribution in [2.45, 2.75) is 13.0 Å². The zero-order valence-electron chi connectivity index (χ0n) is 10.6. The summed E-state index contributed by atoms with van der Waals surface area (Å²) in [5.74, 6) is 0. The Bertz CT molecular complexity index is 647. The lowest BCUT2D eigenvalue weighted by atomic mass is 10.1. The highest BCUT2D eigenvalue weighted by Crippen LogP contribution is 2.32. The van der Waals surface area contributed by atoms with Gasteiger partial charge >= 0.3 is 0 Å². The maximum Gasteiger partial charge on any atom is 0.293 e. The molecule has 2 aromatic carbocycles. The van der Waals surface area contributed by atoms with Crippen molar-refractivity contribution < 1.29 is 4.92 Å². The molecule has 0 aliphatic heterocycles. The van der Waals surface area contributed by atoms with Crippen molar-refractivity contribution in [3.8, 4) is 0 Å². The summed E-state index contributed by atoms with van der Waals surface area (Å²) in [7, 11) is 0. The third kappa shape index (κ3) is 3.37. The number of nitrogens with zero attached hydrogens (tertiary/aromatic N) is 1. The fourth-order valence-corrected chi connectivity index (χ4v) is 2.89. The number of nitro benzene ring substituents is 1. The molecule has 0 saturated heterocycles. The molecule has 0 radical (unpaired) electrons. The Hall–Kier alpha value is -1.40. The molecule has 20 heavy (non-hydrogen) atoms. The van der Waals surface area contributed by atoms with Gasteiger partial charge in [0.15, 0.2) is 0 Å². The van der Waals surface area contributed by atoms with Crippen molar-refractivity contribution in [2.24, 2.45) is 0 Å². The van der Waals surface area contributed by atoms with Gasteiger partial charge in [-0.1, -0.05) is 50.1 Å². The second kappa shape index (κ2) is 6.37. The summed E-state index contributed by atoms with van der Waals surface area (Å²) in [6.07, 6.45) is 0. The van der Waals surface area contributed by atoms with E-state index in [-0.39, 0.29) is 16.7 Å². The second-order valence-corrected chi connectivity index (χ2v) is 6.08. The summed E-state index contributed by atoms with van der Waals surface area (Å²) < 4.78 is 1.66. The predicted molar refractivity (Wildman–Crippen MR) is 87.0 cm³/mol. The Morgan fingerprint density at radius 1 is 1.20 bits per heavy atom. The van der Waals surface area contributed by atoms with Gasteiger partial charge in [-0.3, -0.25) is 10.1 Å². The normalized spacial score (nSPS) is 11.9. The largest absolute Gasteiger partial charge is 0.373 e. The summed E-state index contributed by atoms with van der Waals surface area (Å²) in [6.45, 7) is 1.96. The number of rotatable bonds is 4. The van der Waals surface area contributed by atoms with Crippen LogP contribution < -0.4 is 5.32 Å². The highest BCUT2D eigenvalue weighted by Gasteiger charge is 2.17. The fourth-order valence-electron chi connectivity index (χ4n) is 1.92. The number of benzene rings is 2. The molecule has 0 saturated carbocycles. The molecule has 2 aromatic rings. The van der Waals surface area contributed by atoms with Crippen LogP contribution in [0.5, 0.6) is 0 Å². The lowest BCUT2D eigenvalue weighted by Crippen LogP contribution is -2.09. The first-order valence-corrected chi connectivity index (χ1v) is 7.52. The molecule has 1 unspecified atom stereocenters. The van der Waals surface area contributed by atoms with E-state index in [1.165, 1.54) is 6.07 Å². The van der Waals surface area contributed by atoms with Gasteiger partial charge in [0, 0.05) is 21.1 Å². The molecule has 1 N–H and O–H groups in total. The summed E-state index contributed by atoms with van der Waals surface area (Å²) >= 11 is 6.74. The van der Waals surface area contributed by atoms with E-state index in [4.69, 9.17) is 0 Å². The van der Waals surface area contributed by atoms with Crippen LogP contribution in [0.15, 0.2) is 51.4 Å². The van der Waals surface area contributed by atoms with Crippen molar-refractivity contribution in [1.29, 1.82) is 0 Å². The number of anilines is 1. The number of nitrogens with one attached hydrogen (secondary N) is 1. The second-order valence-electron chi connectivity index (χ2n) is 4.31. The van der Waals surface area contributed by atoms with Crippen molar-refractivity contribution in [2.75, 3.05) is 5.32 Å². The molecular formula is C14H12Br2N2O2. The lowest BCUT2D eigenvalue weighted by molar-refractivity contribution is -0.384. The molecule has 1 atom stereocenters. The van der Waals surface area contributed by atoms with Gasteiger partial charge in [-0.2, -0.15) is 0 Å². The number of hydrogen-bond donors (Lipinski definition) is 1. The van der Waals surface area contributed by atoms with Gasteiger partial charge in [0.2, 0.25) is 0 Å². The molecule has 0 amide bonds.